The fourth-order valence-electron chi connectivity index (χ4n) is 2.58. The molecule has 0 aliphatic rings. The van der Waals surface area contributed by atoms with Gasteiger partial charge >= 0.3 is 0 Å². The SMILES string of the molecule is COc1ccc(CN(C)[C@H](C)[C@H](O)c2ccccc2)cc1OC. The van der Waals surface area contributed by atoms with E-state index < -0.39 is 6.10 Å². The number of benzene rings is 2. The molecule has 0 unspecified atom stereocenters. The Morgan fingerprint density at radius 1 is 1.00 bits per heavy atom. The standard InChI is InChI=1S/C19H25NO3/c1-14(19(21)16-8-6-5-7-9-16)20(2)13-15-10-11-17(22-3)18(12-15)23-4/h5-12,14,19,21H,13H2,1-4H3/t14-,19+/m1/s1. The van der Waals surface area contributed by atoms with Crippen LogP contribution in [0.5, 0.6) is 11.5 Å². The van der Waals surface area contributed by atoms with E-state index in [1.54, 1.807) is 14.2 Å². The molecule has 23 heavy (non-hydrogen) atoms. The third kappa shape index (κ3) is 4.24. The Morgan fingerprint density at radius 3 is 2.26 bits per heavy atom. The van der Waals surface area contributed by atoms with Crippen LogP contribution in [0.1, 0.15) is 24.2 Å². The molecule has 1 N–H and O–H groups in total. The molecule has 0 bridgehead atoms. The van der Waals surface area contributed by atoms with E-state index in [1.165, 1.54) is 0 Å². The van der Waals surface area contributed by atoms with Gasteiger partial charge in [0.2, 0.25) is 0 Å². The molecule has 124 valence electrons. The van der Waals surface area contributed by atoms with Crippen LogP contribution in [0, 0.1) is 0 Å². The molecular weight excluding hydrogens is 290 g/mol. The number of ether oxygens (including phenoxy) is 2. The minimum absolute atomic E-state index is 0.00880. The average Bonchev–Trinajstić information content (AvgIpc) is 2.60. The maximum atomic E-state index is 10.5. The smallest absolute Gasteiger partial charge is 0.161 e. The van der Waals surface area contributed by atoms with Crippen molar-refractivity contribution < 1.29 is 14.6 Å². The number of hydrogen-bond donors (Lipinski definition) is 1. The highest BCUT2D eigenvalue weighted by atomic mass is 16.5. The number of hydrogen-bond acceptors (Lipinski definition) is 4. The van der Waals surface area contributed by atoms with Gasteiger partial charge in [0.05, 0.1) is 20.3 Å². The summed E-state index contributed by atoms with van der Waals surface area (Å²) in [5, 5.41) is 10.5. The Balaban J connectivity index is 2.07. The molecule has 0 radical (unpaired) electrons. The highest BCUT2D eigenvalue weighted by Crippen LogP contribution is 2.29. The summed E-state index contributed by atoms with van der Waals surface area (Å²) in [5.74, 6) is 1.44. The summed E-state index contributed by atoms with van der Waals surface area (Å²) in [5.41, 5.74) is 2.04. The van der Waals surface area contributed by atoms with Gasteiger partial charge in [0.25, 0.3) is 0 Å². The van der Waals surface area contributed by atoms with Gasteiger partial charge in [-0.3, -0.25) is 4.90 Å². The first-order chi connectivity index (χ1) is 11.1. The third-order valence-electron chi connectivity index (χ3n) is 4.17. The summed E-state index contributed by atoms with van der Waals surface area (Å²) in [6.45, 7) is 2.74. The largest absolute Gasteiger partial charge is 0.493 e. The lowest BCUT2D eigenvalue weighted by Gasteiger charge is -2.29. The van der Waals surface area contributed by atoms with Crippen LogP contribution in [0.4, 0.5) is 0 Å². The van der Waals surface area contributed by atoms with Gasteiger partial charge in [0, 0.05) is 12.6 Å². The summed E-state index contributed by atoms with van der Waals surface area (Å²) >= 11 is 0. The molecule has 0 aromatic heterocycles. The first-order valence-electron chi connectivity index (χ1n) is 7.71. The van der Waals surface area contributed by atoms with E-state index in [2.05, 4.69) is 4.90 Å². The fourth-order valence-corrected chi connectivity index (χ4v) is 2.58. The second-order valence-electron chi connectivity index (χ2n) is 5.70. The topological polar surface area (TPSA) is 41.9 Å². The minimum atomic E-state index is -0.527. The van der Waals surface area contributed by atoms with Gasteiger partial charge in [0.15, 0.2) is 11.5 Å². The Kier molecular flexibility index (Phi) is 6.02. The van der Waals surface area contributed by atoms with Gasteiger partial charge in [0.1, 0.15) is 0 Å². The van der Waals surface area contributed by atoms with E-state index in [1.807, 2.05) is 62.5 Å². The second kappa shape index (κ2) is 7.99. The lowest BCUT2D eigenvalue weighted by atomic mass is 10.0. The maximum absolute atomic E-state index is 10.5. The second-order valence-corrected chi connectivity index (χ2v) is 5.70. The first kappa shape index (κ1) is 17.3. The van der Waals surface area contributed by atoms with E-state index in [0.717, 1.165) is 22.6 Å². The molecule has 2 atom stereocenters. The van der Waals surface area contributed by atoms with E-state index in [4.69, 9.17) is 9.47 Å². The van der Waals surface area contributed by atoms with Gasteiger partial charge in [-0.1, -0.05) is 36.4 Å². The molecule has 0 spiro atoms. The highest BCUT2D eigenvalue weighted by Gasteiger charge is 2.20. The fraction of sp³-hybridized carbons (Fsp3) is 0.368. The molecule has 0 saturated heterocycles. The first-order valence-corrected chi connectivity index (χ1v) is 7.71. The van der Waals surface area contributed by atoms with Crippen LogP contribution >= 0.6 is 0 Å². The molecule has 0 saturated carbocycles. The summed E-state index contributed by atoms with van der Waals surface area (Å²) in [6.07, 6.45) is -0.527. The molecule has 0 aliphatic carbocycles. The zero-order chi connectivity index (χ0) is 16.8. The van der Waals surface area contributed by atoms with Crippen molar-refractivity contribution >= 4 is 0 Å². The molecule has 0 heterocycles. The van der Waals surface area contributed by atoms with E-state index in [0.29, 0.717) is 6.54 Å². The van der Waals surface area contributed by atoms with Crippen molar-refractivity contribution in [1.82, 2.24) is 4.90 Å². The maximum Gasteiger partial charge on any atom is 0.161 e. The molecule has 0 fully saturated rings. The number of nitrogens with zero attached hydrogens (tertiary/aromatic N) is 1. The van der Waals surface area contributed by atoms with Crippen LogP contribution in [0.2, 0.25) is 0 Å². The Labute approximate surface area is 138 Å². The van der Waals surface area contributed by atoms with Gasteiger partial charge in [-0.15, -0.1) is 0 Å². The van der Waals surface area contributed by atoms with Gasteiger partial charge in [-0.2, -0.15) is 0 Å². The molecule has 2 rings (SSSR count). The highest BCUT2D eigenvalue weighted by molar-refractivity contribution is 5.42. The molecule has 4 heteroatoms. The molecular formula is C19H25NO3. The number of rotatable bonds is 7. The van der Waals surface area contributed by atoms with E-state index in [9.17, 15) is 5.11 Å². The van der Waals surface area contributed by atoms with Crippen LogP contribution in [0.25, 0.3) is 0 Å². The summed E-state index contributed by atoms with van der Waals surface area (Å²) in [4.78, 5) is 2.12. The molecule has 2 aromatic rings. The molecule has 0 amide bonds. The normalized spacial score (nSPS) is 13.7. The zero-order valence-electron chi connectivity index (χ0n) is 14.2. The Hall–Kier alpha value is -2.04. The zero-order valence-corrected chi connectivity index (χ0v) is 14.2. The number of methoxy groups -OCH3 is 2. The van der Waals surface area contributed by atoms with Gasteiger partial charge < -0.3 is 14.6 Å². The van der Waals surface area contributed by atoms with Gasteiger partial charge in [-0.25, -0.2) is 0 Å². The minimum Gasteiger partial charge on any atom is -0.493 e. The molecule has 0 aliphatic heterocycles. The van der Waals surface area contributed by atoms with Crippen LogP contribution in [-0.2, 0) is 6.54 Å². The predicted molar refractivity (Wildman–Crippen MR) is 91.9 cm³/mol. The van der Waals surface area contributed by atoms with Crippen molar-refractivity contribution in [3.63, 3.8) is 0 Å². The lowest BCUT2D eigenvalue weighted by Crippen LogP contribution is -2.33. The third-order valence-corrected chi connectivity index (χ3v) is 4.17. The van der Waals surface area contributed by atoms with Crippen molar-refractivity contribution in [2.75, 3.05) is 21.3 Å². The predicted octanol–water partition coefficient (Wildman–Crippen LogP) is 3.26. The van der Waals surface area contributed by atoms with Crippen LogP contribution in [-0.4, -0.2) is 37.3 Å². The van der Waals surface area contributed by atoms with E-state index in [-0.39, 0.29) is 6.04 Å². The van der Waals surface area contributed by atoms with Crippen molar-refractivity contribution in [2.24, 2.45) is 0 Å². The average molecular weight is 315 g/mol. The van der Waals surface area contributed by atoms with Crippen LogP contribution in [0.15, 0.2) is 48.5 Å². The van der Waals surface area contributed by atoms with Gasteiger partial charge in [-0.05, 0) is 37.2 Å². The van der Waals surface area contributed by atoms with Crippen LogP contribution < -0.4 is 9.47 Å². The quantitative estimate of drug-likeness (QED) is 0.851. The monoisotopic (exact) mass is 315 g/mol. The van der Waals surface area contributed by atoms with Crippen molar-refractivity contribution in [2.45, 2.75) is 25.6 Å². The lowest BCUT2D eigenvalue weighted by molar-refractivity contribution is 0.0688. The molecule has 4 nitrogen and oxygen atoms in total. The summed E-state index contributed by atoms with van der Waals surface area (Å²) in [6, 6.07) is 15.6. The van der Waals surface area contributed by atoms with E-state index >= 15 is 0 Å². The number of aliphatic hydroxyl groups is 1. The Bertz CT molecular complexity index is 615. The van der Waals surface area contributed by atoms with Crippen molar-refractivity contribution in [1.29, 1.82) is 0 Å². The Morgan fingerprint density at radius 2 is 1.65 bits per heavy atom. The molecule has 2 aromatic carbocycles. The summed E-state index contributed by atoms with van der Waals surface area (Å²) < 4.78 is 10.6. The van der Waals surface area contributed by atoms with Crippen molar-refractivity contribution in [3.8, 4) is 11.5 Å². The van der Waals surface area contributed by atoms with Crippen LogP contribution in [0.3, 0.4) is 0 Å². The number of aliphatic hydroxyl groups excluding tert-OH is 1. The van der Waals surface area contributed by atoms with Crippen molar-refractivity contribution in [3.05, 3.63) is 59.7 Å². The summed E-state index contributed by atoms with van der Waals surface area (Å²) in [7, 11) is 5.27. The number of likely N-dealkylation sites (N-methyl/N-ethyl adjacent to an activating group) is 1.